The summed E-state index contributed by atoms with van der Waals surface area (Å²) >= 11 is 2.60. The second-order valence-corrected chi connectivity index (χ2v) is 5.37. The molecule has 2 aromatic rings. The molecule has 1 N–H and O–H groups in total. The van der Waals surface area contributed by atoms with Gasteiger partial charge in [-0.15, -0.1) is 0 Å². The Bertz CT molecular complexity index is 568. The number of hydrogen-bond donors (Lipinski definition) is 1. The number of aryl methyl sites for hydroxylation is 2. The van der Waals surface area contributed by atoms with Gasteiger partial charge in [-0.1, -0.05) is 0 Å². The SMILES string of the molecule is Cc1cc(C(=O)O)cc(Sc2nc(C)ns2)n1. The Kier molecular flexibility index (Phi) is 3.39. The Balaban J connectivity index is 2.29. The van der Waals surface area contributed by atoms with Gasteiger partial charge in [0.1, 0.15) is 10.9 Å². The Hall–Kier alpha value is -1.47. The van der Waals surface area contributed by atoms with Crippen LogP contribution in [0.2, 0.25) is 0 Å². The van der Waals surface area contributed by atoms with Crippen molar-refractivity contribution in [3.63, 3.8) is 0 Å². The highest BCUT2D eigenvalue weighted by atomic mass is 32.2. The van der Waals surface area contributed by atoms with Crippen LogP contribution >= 0.6 is 23.3 Å². The van der Waals surface area contributed by atoms with Gasteiger partial charge < -0.3 is 5.11 Å². The lowest BCUT2D eigenvalue weighted by atomic mass is 10.2. The van der Waals surface area contributed by atoms with Crippen LogP contribution in [0.25, 0.3) is 0 Å². The molecule has 2 heterocycles. The largest absolute Gasteiger partial charge is 0.478 e. The monoisotopic (exact) mass is 267 g/mol. The summed E-state index contributed by atoms with van der Waals surface area (Å²) in [5.74, 6) is -0.241. The molecule has 0 spiro atoms. The average molecular weight is 267 g/mol. The maximum atomic E-state index is 10.9. The molecule has 0 aliphatic carbocycles. The van der Waals surface area contributed by atoms with Crippen molar-refractivity contribution in [2.75, 3.05) is 0 Å². The van der Waals surface area contributed by atoms with Crippen molar-refractivity contribution in [1.29, 1.82) is 0 Å². The van der Waals surface area contributed by atoms with Gasteiger partial charge in [0.2, 0.25) is 0 Å². The summed E-state index contributed by atoms with van der Waals surface area (Å²) in [7, 11) is 0. The number of pyridine rings is 1. The number of carboxylic acid groups (broad SMARTS) is 1. The lowest BCUT2D eigenvalue weighted by Gasteiger charge is -2.01. The van der Waals surface area contributed by atoms with Crippen molar-refractivity contribution in [2.24, 2.45) is 0 Å². The van der Waals surface area contributed by atoms with Gasteiger partial charge in [0.05, 0.1) is 5.56 Å². The van der Waals surface area contributed by atoms with Gasteiger partial charge in [0, 0.05) is 5.69 Å². The van der Waals surface area contributed by atoms with Crippen molar-refractivity contribution in [2.45, 2.75) is 23.2 Å². The van der Waals surface area contributed by atoms with Crippen LogP contribution in [0, 0.1) is 13.8 Å². The minimum absolute atomic E-state index is 0.237. The summed E-state index contributed by atoms with van der Waals surface area (Å²) < 4.78 is 4.82. The second-order valence-electron chi connectivity index (χ2n) is 3.35. The van der Waals surface area contributed by atoms with Crippen LogP contribution in [-0.4, -0.2) is 25.4 Å². The molecule has 7 heteroatoms. The molecule has 0 aromatic carbocycles. The molecule has 0 aliphatic rings. The number of nitrogens with zero attached hydrogens (tertiary/aromatic N) is 3. The first-order valence-corrected chi connectivity index (χ1v) is 6.34. The quantitative estimate of drug-likeness (QED) is 0.920. The van der Waals surface area contributed by atoms with E-state index >= 15 is 0 Å². The third-order valence-corrected chi connectivity index (χ3v) is 3.64. The van der Waals surface area contributed by atoms with E-state index in [4.69, 9.17) is 5.11 Å². The molecule has 0 radical (unpaired) electrons. The van der Waals surface area contributed by atoms with Crippen LogP contribution in [0.5, 0.6) is 0 Å². The number of aromatic nitrogens is 3. The molecule has 0 fully saturated rings. The summed E-state index contributed by atoms with van der Waals surface area (Å²) in [5.41, 5.74) is 0.912. The third-order valence-electron chi connectivity index (χ3n) is 1.88. The zero-order chi connectivity index (χ0) is 12.4. The van der Waals surface area contributed by atoms with Gasteiger partial charge in [0.25, 0.3) is 0 Å². The van der Waals surface area contributed by atoms with E-state index in [9.17, 15) is 4.79 Å². The van der Waals surface area contributed by atoms with Gasteiger partial charge in [-0.05, 0) is 49.3 Å². The Morgan fingerprint density at radius 3 is 2.71 bits per heavy atom. The number of aromatic carboxylic acids is 1. The fourth-order valence-electron chi connectivity index (χ4n) is 1.22. The number of carboxylic acids is 1. The van der Waals surface area contributed by atoms with E-state index in [1.165, 1.54) is 35.4 Å². The van der Waals surface area contributed by atoms with Gasteiger partial charge in [-0.3, -0.25) is 0 Å². The van der Waals surface area contributed by atoms with E-state index in [1.807, 2.05) is 6.92 Å². The van der Waals surface area contributed by atoms with Crippen molar-refractivity contribution in [1.82, 2.24) is 14.3 Å². The molecule has 2 rings (SSSR count). The molecule has 0 saturated carbocycles. The molecule has 0 atom stereocenters. The molecule has 0 bridgehead atoms. The molecular weight excluding hydrogens is 258 g/mol. The zero-order valence-corrected chi connectivity index (χ0v) is 10.8. The summed E-state index contributed by atoms with van der Waals surface area (Å²) in [5, 5.41) is 9.57. The minimum Gasteiger partial charge on any atom is -0.478 e. The van der Waals surface area contributed by atoms with Gasteiger partial charge in [-0.25, -0.2) is 14.8 Å². The molecule has 0 saturated heterocycles. The standard InChI is InChI=1S/C10H9N3O2S2/c1-5-3-7(9(14)15)4-8(11-5)16-10-12-6(2)13-17-10/h3-4H,1-2H3,(H,14,15). The molecule has 0 amide bonds. The first-order chi connectivity index (χ1) is 8.04. The van der Waals surface area contributed by atoms with Gasteiger partial charge >= 0.3 is 5.97 Å². The maximum Gasteiger partial charge on any atom is 0.335 e. The van der Waals surface area contributed by atoms with Crippen molar-refractivity contribution in [3.05, 3.63) is 29.2 Å². The Labute approximate surface area is 106 Å². The van der Waals surface area contributed by atoms with Crippen LogP contribution in [0.4, 0.5) is 0 Å². The van der Waals surface area contributed by atoms with Crippen LogP contribution < -0.4 is 0 Å². The fraction of sp³-hybridized carbons (Fsp3) is 0.200. The minimum atomic E-state index is -0.953. The summed E-state index contributed by atoms with van der Waals surface area (Å²) in [6, 6.07) is 3.08. The Morgan fingerprint density at radius 2 is 2.12 bits per heavy atom. The molecule has 0 aliphatic heterocycles. The van der Waals surface area contributed by atoms with Crippen molar-refractivity contribution < 1.29 is 9.90 Å². The average Bonchev–Trinajstić information content (AvgIpc) is 2.63. The van der Waals surface area contributed by atoms with E-state index in [2.05, 4.69) is 14.3 Å². The lowest BCUT2D eigenvalue weighted by Crippen LogP contribution is -1.98. The topological polar surface area (TPSA) is 76.0 Å². The summed E-state index contributed by atoms with van der Waals surface area (Å²) in [6.45, 7) is 3.58. The first-order valence-electron chi connectivity index (χ1n) is 4.75. The molecule has 5 nitrogen and oxygen atoms in total. The normalized spacial score (nSPS) is 10.5. The highest BCUT2D eigenvalue weighted by molar-refractivity contribution is 8.00. The van der Waals surface area contributed by atoms with Crippen LogP contribution in [0.15, 0.2) is 21.5 Å². The van der Waals surface area contributed by atoms with E-state index in [0.717, 1.165) is 4.34 Å². The van der Waals surface area contributed by atoms with Crippen LogP contribution in [0.1, 0.15) is 21.9 Å². The first kappa shape index (κ1) is 12.0. The predicted octanol–water partition coefficient (Wildman–Crippen LogP) is 2.40. The van der Waals surface area contributed by atoms with E-state index < -0.39 is 5.97 Å². The van der Waals surface area contributed by atoms with E-state index in [0.29, 0.717) is 16.5 Å². The third kappa shape index (κ3) is 3.01. The van der Waals surface area contributed by atoms with Gasteiger partial charge in [0.15, 0.2) is 4.34 Å². The molecule has 0 unspecified atom stereocenters. The summed E-state index contributed by atoms with van der Waals surface area (Å²) in [6.07, 6.45) is 0. The number of carbonyl (C=O) groups is 1. The van der Waals surface area contributed by atoms with Crippen LogP contribution in [0.3, 0.4) is 0 Å². The smallest absolute Gasteiger partial charge is 0.335 e. The number of rotatable bonds is 3. The van der Waals surface area contributed by atoms with E-state index in [-0.39, 0.29) is 5.56 Å². The molecule has 88 valence electrons. The van der Waals surface area contributed by atoms with Crippen molar-refractivity contribution >= 4 is 29.3 Å². The van der Waals surface area contributed by atoms with Crippen molar-refractivity contribution in [3.8, 4) is 0 Å². The maximum absolute atomic E-state index is 10.9. The van der Waals surface area contributed by atoms with Crippen LogP contribution in [-0.2, 0) is 0 Å². The Morgan fingerprint density at radius 1 is 1.35 bits per heavy atom. The highest BCUT2D eigenvalue weighted by Crippen LogP contribution is 2.28. The zero-order valence-electron chi connectivity index (χ0n) is 9.17. The second kappa shape index (κ2) is 4.80. The fourth-order valence-corrected chi connectivity index (χ4v) is 2.90. The molecule has 17 heavy (non-hydrogen) atoms. The van der Waals surface area contributed by atoms with Gasteiger partial charge in [-0.2, -0.15) is 4.37 Å². The predicted molar refractivity (Wildman–Crippen MR) is 64.7 cm³/mol. The molecule has 2 aromatic heterocycles. The number of hydrogen-bond acceptors (Lipinski definition) is 6. The summed E-state index contributed by atoms with van der Waals surface area (Å²) in [4.78, 5) is 19.4. The molecular formula is C10H9N3O2S2. The highest BCUT2D eigenvalue weighted by Gasteiger charge is 2.09. The lowest BCUT2D eigenvalue weighted by molar-refractivity contribution is 0.0696. The van der Waals surface area contributed by atoms with E-state index in [1.54, 1.807) is 6.92 Å².